The predicted octanol–water partition coefficient (Wildman–Crippen LogP) is 3.91. The van der Waals surface area contributed by atoms with Crippen LogP contribution in [0.15, 0.2) is 46.6 Å². The normalized spacial score (nSPS) is 15.5. The van der Waals surface area contributed by atoms with Crippen LogP contribution in [0.2, 0.25) is 5.02 Å². The third kappa shape index (κ3) is 3.68. The van der Waals surface area contributed by atoms with Crippen LogP contribution in [-0.2, 0) is 11.3 Å². The van der Waals surface area contributed by atoms with Gasteiger partial charge in [-0.2, -0.15) is 0 Å². The second kappa shape index (κ2) is 7.39. The maximum atomic E-state index is 12.6. The molecule has 1 heterocycles. The first-order valence-corrected chi connectivity index (χ1v) is 8.71. The Morgan fingerprint density at radius 2 is 1.96 bits per heavy atom. The average Bonchev–Trinajstić information content (AvgIpc) is 2.87. The van der Waals surface area contributed by atoms with E-state index in [2.05, 4.69) is 21.2 Å². The van der Waals surface area contributed by atoms with Gasteiger partial charge in [-0.05, 0) is 35.9 Å². The summed E-state index contributed by atoms with van der Waals surface area (Å²) in [6, 6.07) is 9.56. The molecular formula is C18H14BrClN2O4. The van der Waals surface area contributed by atoms with E-state index in [1.165, 1.54) is 13.2 Å². The highest BCUT2D eigenvalue weighted by Crippen LogP contribution is 2.35. The summed E-state index contributed by atoms with van der Waals surface area (Å²) in [6.07, 6.45) is 1.41. The lowest BCUT2D eigenvalue weighted by molar-refractivity contribution is -0.123. The van der Waals surface area contributed by atoms with Crippen molar-refractivity contribution in [3.05, 3.63) is 62.7 Å². The van der Waals surface area contributed by atoms with E-state index in [4.69, 9.17) is 16.3 Å². The number of imide groups is 1. The highest BCUT2D eigenvalue weighted by molar-refractivity contribution is 9.10. The van der Waals surface area contributed by atoms with Crippen molar-refractivity contribution >= 4 is 45.5 Å². The molecule has 0 bridgehead atoms. The Morgan fingerprint density at radius 3 is 2.62 bits per heavy atom. The van der Waals surface area contributed by atoms with Crippen LogP contribution in [0.5, 0.6) is 11.5 Å². The molecule has 1 saturated heterocycles. The van der Waals surface area contributed by atoms with E-state index in [9.17, 15) is 14.7 Å². The van der Waals surface area contributed by atoms with Crippen LogP contribution in [0.25, 0.3) is 6.08 Å². The minimum absolute atomic E-state index is 0.0689. The molecule has 0 aliphatic carbocycles. The number of hydrogen-bond donors (Lipinski definition) is 2. The van der Waals surface area contributed by atoms with Gasteiger partial charge < -0.3 is 15.2 Å². The van der Waals surface area contributed by atoms with Gasteiger partial charge in [0.1, 0.15) is 5.70 Å². The highest BCUT2D eigenvalue weighted by Gasteiger charge is 2.33. The number of nitrogens with one attached hydrogen (secondary N) is 1. The number of nitrogens with zero attached hydrogens (tertiary/aromatic N) is 1. The van der Waals surface area contributed by atoms with Gasteiger partial charge in [-0.25, -0.2) is 4.79 Å². The fourth-order valence-corrected chi connectivity index (χ4v) is 3.08. The number of halogens is 2. The molecule has 1 fully saturated rings. The van der Waals surface area contributed by atoms with Gasteiger partial charge in [-0.15, -0.1) is 0 Å². The maximum absolute atomic E-state index is 12.6. The van der Waals surface area contributed by atoms with Gasteiger partial charge in [0, 0.05) is 15.1 Å². The smallest absolute Gasteiger partial charge is 0.329 e. The number of phenols is 1. The lowest BCUT2D eigenvalue weighted by Gasteiger charge is -2.11. The molecule has 3 amide bonds. The van der Waals surface area contributed by atoms with Gasteiger partial charge >= 0.3 is 6.03 Å². The molecular weight excluding hydrogens is 424 g/mol. The number of benzene rings is 2. The number of phenolic OH excluding ortho intramolecular Hbond substituents is 1. The number of carbonyl (C=O) groups is 2. The fraction of sp³-hybridized carbons (Fsp3) is 0.111. The molecule has 3 rings (SSSR count). The van der Waals surface area contributed by atoms with Gasteiger partial charge in [0.2, 0.25) is 0 Å². The van der Waals surface area contributed by atoms with E-state index >= 15 is 0 Å². The molecule has 2 aromatic rings. The Bertz CT molecular complexity index is 912. The molecule has 1 aliphatic rings. The number of methoxy groups -OCH3 is 1. The largest absolute Gasteiger partial charge is 0.504 e. The number of rotatable bonds is 4. The molecule has 0 saturated carbocycles. The number of aromatic hydroxyl groups is 1. The molecule has 6 nitrogen and oxygen atoms in total. The van der Waals surface area contributed by atoms with Gasteiger partial charge in [0.05, 0.1) is 13.7 Å². The lowest BCUT2D eigenvalue weighted by atomic mass is 10.1. The van der Waals surface area contributed by atoms with Crippen LogP contribution in [0, 0.1) is 0 Å². The SMILES string of the molecule is COc1cc(Br)cc(/C=C2\NC(=O)N(Cc3ccc(Cl)cc3)C2=O)c1O. The van der Waals surface area contributed by atoms with Crippen LogP contribution >= 0.6 is 27.5 Å². The topological polar surface area (TPSA) is 78.9 Å². The van der Waals surface area contributed by atoms with Gasteiger partial charge in [-0.1, -0.05) is 39.7 Å². The number of hydrogen-bond acceptors (Lipinski definition) is 4. The summed E-state index contributed by atoms with van der Waals surface area (Å²) in [4.78, 5) is 25.8. The number of carbonyl (C=O) groups excluding carboxylic acids is 2. The Balaban J connectivity index is 1.88. The first-order valence-electron chi connectivity index (χ1n) is 7.54. The molecule has 2 N–H and O–H groups in total. The molecule has 134 valence electrons. The quantitative estimate of drug-likeness (QED) is 0.561. The number of urea groups is 1. The maximum Gasteiger partial charge on any atom is 0.329 e. The zero-order valence-electron chi connectivity index (χ0n) is 13.6. The number of amides is 3. The molecule has 2 aromatic carbocycles. The Morgan fingerprint density at radius 1 is 1.27 bits per heavy atom. The van der Waals surface area contributed by atoms with Crippen molar-refractivity contribution < 1.29 is 19.4 Å². The monoisotopic (exact) mass is 436 g/mol. The fourth-order valence-electron chi connectivity index (χ4n) is 2.50. The third-order valence-corrected chi connectivity index (χ3v) is 4.52. The van der Waals surface area contributed by atoms with Crippen LogP contribution in [0.3, 0.4) is 0 Å². The van der Waals surface area contributed by atoms with Crippen LogP contribution in [0.1, 0.15) is 11.1 Å². The van der Waals surface area contributed by atoms with Crippen molar-refractivity contribution in [3.63, 3.8) is 0 Å². The second-order valence-electron chi connectivity index (χ2n) is 5.55. The zero-order valence-corrected chi connectivity index (χ0v) is 16.0. The Hall–Kier alpha value is -2.51. The third-order valence-electron chi connectivity index (χ3n) is 3.81. The van der Waals surface area contributed by atoms with Crippen molar-refractivity contribution in [3.8, 4) is 11.5 Å². The van der Waals surface area contributed by atoms with E-state index in [1.807, 2.05) is 0 Å². The Labute approximate surface area is 163 Å². The molecule has 26 heavy (non-hydrogen) atoms. The van der Waals surface area contributed by atoms with E-state index in [1.54, 1.807) is 36.4 Å². The van der Waals surface area contributed by atoms with E-state index in [-0.39, 0.29) is 23.7 Å². The Kier molecular flexibility index (Phi) is 5.20. The summed E-state index contributed by atoms with van der Waals surface area (Å²) < 4.78 is 5.75. The predicted molar refractivity (Wildman–Crippen MR) is 101 cm³/mol. The van der Waals surface area contributed by atoms with Gasteiger partial charge in [0.25, 0.3) is 5.91 Å². The molecule has 0 aromatic heterocycles. The van der Waals surface area contributed by atoms with Crippen LogP contribution in [0.4, 0.5) is 4.79 Å². The van der Waals surface area contributed by atoms with Crippen molar-refractivity contribution in [1.29, 1.82) is 0 Å². The summed E-state index contributed by atoms with van der Waals surface area (Å²) >= 11 is 9.16. The molecule has 8 heteroatoms. The van der Waals surface area contributed by atoms with Crippen molar-refractivity contribution in [2.45, 2.75) is 6.54 Å². The summed E-state index contributed by atoms with van der Waals surface area (Å²) in [6.45, 7) is 0.118. The molecule has 1 aliphatic heterocycles. The summed E-state index contributed by atoms with van der Waals surface area (Å²) in [5.74, 6) is -0.356. The minimum atomic E-state index is -0.530. The van der Waals surface area contributed by atoms with Crippen molar-refractivity contribution in [2.24, 2.45) is 0 Å². The summed E-state index contributed by atoms with van der Waals surface area (Å²) in [5, 5.41) is 13.3. The van der Waals surface area contributed by atoms with Crippen molar-refractivity contribution in [2.75, 3.05) is 7.11 Å². The van der Waals surface area contributed by atoms with Gasteiger partial charge in [0.15, 0.2) is 11.5 Å². The highest BCUT2D eigenvalue weighted by atomic mass is 79.9. The summed E-state index contributed by atoms with van der Waals surface area (Å²) in [7, 11) is 1.43. The first-order chi connectivity index (χ1) is 12.4. The lowest BCUT2D eigenvalue weighted by Crippen LogP contribution is -2.30. The molecule has 0 unspecified atom stereocenters. The average molecular weight is 438 g/mol. The van der Waals surface area contributed by atoms with Crippen LogP contribution < -0.4 is 10.1 Å². The van der Waals surface area contributed by atoms with E-state index in [0.29, 0.717) is 15.1 Å². The van der Waals surface area contributed by atoms with Crippen molar-refractivity contribution in [1.82, 2.24) is 10.2 Å². The minimum Gasteiger partial charge on any atom is -0.504 e. The van der Waals surface area contributed by atoms with Crippen LogP contribution in [-0.4, -0.2) is 29.1 Å². The summed E-state index contributed by atoms with van der Waals surface area (Å²) in [5.41, 5.74) is 1.18. The van der Waals surface area contributed by atoms with E-state index < -0.39 is 11.9 Å². The standard InChI is InChI=1S/C18H14BrClN2O4/c1-26-15-8-12(19)6-11(16(15)23)7-14-17(24)22(18(25)21-14)9-10-2-4-13(20)5-3-10/h2-8,23H,9H2,1H3,(H,21,25)/b14-7-. The zero-order chi connectivity index (χ0) is 18.8. The molecule has 0 spiro atoms. The first kappa shape index (κ1) is 18.3. The molecule has 0 atom stereocenters. The van der Waals surface area contributed by atoms with E-state index in [0.717, 1.165) is 10.5 Å². The number of ether oxygens (including phenoxy) is 1. The molecule has 0 radical (unpaired) electrons. The van der Waals surface area contributed by atoms with Gasteiger partial charge in [-0.3, -0.25) is 9.69 Å². The second-order valence-corrected chi connectivity index (χ2v) is 6.90.